The van der Waals surface area contributed by atoms with Gasteiger partial charge in [-0.2, -0.15) is 0 Å². The van der Waals surface area contributed by atoms with Crippen molar-refractivity contribution >= 4 is 17.6 Å². The predicted molar refractivity (Wildman–Crippen MR) is 159 cm³/mol. The Hall–Kier alpha value is -3.33. The van der Waals surface area contributed by atoms with E-state index in [1.807, 2.05) is 19.1 Å². The van der Waals surface area contributed by atoms with Crippen LogP contribution >= 0.6 is 11.6 Å². The van der Waals surface area contributed by atoms with Crippen molar-refractivity contribution in [3.05, 3.63) is 82.0 Å². The predicted octanol–water partition coefficient (Wildman–Crippen LogP) is 3.27. The SMILES string of the molecule is Cc1c(-c2cnc(C(=O)O)o2)nc(CN2CCC(c3cccc4c3O[C@@](C)(c3ccc(Cl)cc3F)O4)CC2)n1C[C@@H]1CCO1.[H-].[Li+]. The van der Waals surface area contributed by atoms with E-state index in [9.17, 15) is 14.3 Å². The number of imidazole rings is 1. The van der Waals surface area contributed by atoms with E-state index in [4.69, 9.17) is 35.2 Å². The van der Waals surface area contributed by atoms with Gasteiger partial charge in [0.05, 0.1) is 31.0 Å². The van der Waals surface area contributed by atoms with Crippen molar-refractivity contribution in [2.24, 2.45) is 0 Å². The van der Waals surface area contributed by atoms with Crippen molar-refractivity contribution < 1.29 is 53.2 Å². The second-order valence-corrected chi connectivity index (χ2v) is 12.1. The number of hydrogen-bond acceptors (Lipinski definition) is 8. The van der Waals surface area contributed by atoms with Gasteiger partial charge in [-0.3, -0.25) is 4.90 Å². The number of carbonyl (C=O) groups is 1. The molecule has 0 saturated carbocycles. The molecule has 3 aliphatic rings. The van der Waals surface area contributed by atoms with Crippen LogP contribution in [0.2, 0.25) is 5.02 Å². The average molecular weight is 631 g/mol. The van der Waals surface area contributed by atoms with Gasteiger partial charge in [0.15, 0.2) is 17.3 Å². The van der Waals surface area contributed by atoms with Crippen molar-refractivity contribution in [3.8, 4) is 23.0 Å². The van der Waals surface area contributed by atoms with E-state index in [0.29, 0.717) is 46.6 Å². The number of carboxylic acids is 1. The number of fused-ring (bicyclic) bond motifs is 1. The number of benzene rings is 2. The molecule has 232 valence electrons. The number of piperidine rings is 1. The third-order valence-electron chi connectivity index (χ3n) is 8.83. The van der Waals surface area contributed by atoms with Gasteiger partial charge in [-0.1, -0.05) is 23.7 Å². The summed E-state index contributed by atoms with van der Waals surface area (Å²) >= 11 is 5.97. The van der Waals surface area contributed by atoms with Gasteiger partial charge in [-0.15, -0.1) is 0 Å². The molecule has 1 N–H and O–H groups in total. The topological polar surface area (TPSA) is 112 Å². The van der Waals surface area contributed by atoms with E-state index in [-0.39, 0.29) is 38.2 Å². The molecule has 0 unspecified atom stereocenters. The number of aromatic carboxylic acids is 1. The third-order valence-corrected chi connectivity index (χ3v) is 9.06. The largest absolute Gasteiger partial charge is 1.00 e. The maximum atomic E-state index is 14.8. The van der Waals surface area contributed by atoms with Crippen LogP contribution in [-0.2, 0) is 23.6 Å². The monoisotopic (exact) mass is 630 g/mol. The molecule has 0 aliphatic carbocycles. The molecule has 7 rings (SSSR count). The molecule has 5 heterocycles. The molecule has 0 bridgehead atoms. The zero-order valence-corrected chi connectivity index (χ0v) is 26.1. The molecule has 0 amide bonds. The summed E-state index contributed by atoms with van der Waals surface area (Å²) in [4.78, 5) is 22.5. The average Bonchev–Trinajstić information content (AvgIpc) is 3.67. The summed E-state index contributed by atoms with van der Waals surface area (Å²) in [6.07, 6.45) is 4.32. The van der Waals surface area contributed by atoms with Crippen LogP contribution in [0.1, 0.15) is 66.9 Å². The minimum atomic E-state index is -1.29. The Bertz CT molecular complexity index is 1740. The van der Waals surface area contributed by atoms with Crippen LogP contribution in [0.15, 0.2) is 47.0 Å². The molecule has 2 aromatic carbocycles. The van der Waals surface area contributed by atoms with Crippen molar-refractivity contribution in [2.45, 2.75) is 64.0 Å². The van der Waals surface area contributed by atoms with Gasteiger partial charge >= 0.3 is 30.7 Å². The van der Waals surface area contributed by atoms with Crippen molar-refractivity contribution in [2.75, 3.05) is 19.7 Å². The van der Waals surface area contributed by atoms with Gasteiger partial charge in [0.1, 0.15) is 17.3 Å². The fourth-order valence-corrected chi connectivity index (χ4v) is 6.50. The standard InChI is InChI=1S/C32H32ClFN4O6.Li.H/c1-18-28(26-15-35-30(42-26)31(39)40)36-27(38(18)16-21-10-13-41-21)17-37-11-8-19(9-12-37)22-4-3-5-25-29(22)44-32(2,43-25)23-7-6-20(33)14-24(23)34;;/h3-7,14-15,19,21H,8-13,16-17H2,1-2H3,(H,39,40);;/q;+1;-1/t21-,32-;;/m0../s1. The Morgan fingerprint density at radius 3 is 2.64 bits per heavy atom. The Morgan fingerprint density at radius 2 is 1.98 bits per heavy atom. The van der Waals surface area contributed by atoms with E-state index in [1.54, 1.807) is 19.1 Å². The van der Waals surface area contributed by atoms with E-state index < -0.39 is 17.6 Å². The van der Waals surface area contributed by atoms with Crippen LogP contribution in [0, 0.1) is 12.7 Å². The molecule has 10 nitrogen and oxygen atoms in total. The molecule has 4 aromatic rings. The first-order valence-electron chi connectivity index (χ1n) is 14.7. The van der Waals surface area contributed by atoms with E-state index >= 15 is 0 Å². The summed E-state index contributed by atoms with van der Waals surface area (Å²) in [5, 5.41) is 9.58. The second-order valence-electron chi connectivity index (χ2n) is 11.7. The van der Waals surface area contributed by atoms with Gasteiger partial charge in [0, 0.05) is 29.8 Å². The molecule has 2 fully saturated rings. The number of likely N-dealkylation sites (tertiary alicyclic amines) is 1. The summed E-state index contributed by atoms with van der Waals surface area (Å²) in [5.41, 5.74) is 2.82. The third kappa shape index (κ3) is 6.00. The van der Waals surface area contributed by atoms with Crippen LogP contribution in [0.5, 0.6) is 11.5 Å². The summed E-state index contributed by atoms with van der Waals surface area (Å²) < 4.78 is 40.7. The van der Waals surface area contributed by atoms with E-state index in [1.165, 1.54) is 12.3 Å². The number of ether oxygens (including phenoxy) is 3. The molecule has 2 aromatic heterocycles. The molecule has 0 radical (unpaired) electrons. The molecule has 2 atom stereocenters. The summed E-state index contributed by atoms with van der Waals surface area (Å²) in [6.45, 7) is 7.41. The van der Waals surface area contributed by atoms with E-state index in [2.05, 4.69) is 20.5 Å². The van der Waals surface area contributed by atoms with E-state index in [0.717, 1.165) is 56.0 Å². The normalized spacial score (nSPS) is 21.4. The summed E-state index contributed by atoms with van der Waals surface area (Å²) in [5.74, 6) is -0.645. The number of oxazole rings is 1. The Kier molecular flexibility index (Phi) is 8.76. The number of aromatic nitrogens is 3. The molecule has 3 aliphatic heterocycles. The van der Waals surface area contributed by atoms with Gasteiger partial charge < -0.3 is 29.7 Å². The second kappa shape index (κ2) is 12.5. The van der Waals surface area contributed by atoms with Crippen LogP contribution in [0.25, 0.3) is 11.5 Å². The van der Waals surface area contributed by atoms with Crippen LogP contribution in [-0.4, -0.2) is 56.3 Å². The van der Waals surface area contributed by atoms with Gasteiger partial charge in [-0.25, -0.2) is 19.2 Å². The number of rotatable bonds is 8. The Morgan fingerprint density at radius 1 is 1.20 bits per heavy atom. The number of para-hydroxylation sites is 1. The molecule has 2 saturated heterocycles. The van der Waals surface area contributed by atoms with Gasteiger partial charge in [0.2, 0.25) is 0 Å². The van der Waals surface area contributed by atoms with Crippen molar-refractivity contribution in [1.29, 1.82) is 0 Å². The van der Waals surface area contributed by atoms with Crippen LogP contribution < -0.4 is 28.3 Å². The van der Waals surface area contributed by atoms with Crippen LogP contribution in [0.4, 0.5) is 4.39 Å². The number of halogens is 2. The first-order valence-corrected chi connectivity index (χ1v) is 15.1. The molecule has 0 spiro atoms. The summed E-state index contributed by atoms with van der Waals surface area (Å²) in [7, 11) is 0. The number of nitrogens with zero attached hydrogens (tertiary/aromatic N) is 4. The minimum Gasteiger partial charge on any atom is -1.00 e. The zero-order valence-electron chi connectivity index (χ0n) is 26.4. The minimum absolute atomic E-state index is 0. The smallest absolute Gasteiger partial charge is 1.00 e. The molecule has 45 heavy (non-hydrogen) atoms. The maximum Gasteiger partial charge on any atom is 1.00 e. The first-order chi connectivity index (χ1) is 21.2. The van der Waals surface area contributed by atoms with Gasteiger partial charge in [0.25, 0.3) is 5.79 Å². The Labute approximate surface area is 278 Å². The molecular weight excluding hydrogens is 598 g/mol. The zero-order chi connectivity index (χ0) is 30.6. The van der Waals surface area contributed by atoms with Gasteiger partial charge in [-0.05, 0) is 69.5 Å². The van der Waals surface area contributed by atoms with Crippen molar-refractivity contribution in [1.82, 2.24) is 19.4 Å². The fourth-order valence-electron chi connectivity index (χ4n) is 6.34. The Balaban J connectivity index is 0.00000208. The number of hydrogen-bond donors (Lipinski definition) is 1. The first kappa shape index (κ1) is 31.6. The quantitative estimate of drug-likeness (QED) is 0.293. The molecule has 13 heteroatoms. The number of carboxylic acid groups (broad SMARTS) is 1. The molecular formula is C32H33ClFLiN4O6. The van der Waals surface area contributed by atoms with Crippen LogP contribution in [0.3, 0.4) is 0 Å². The summed E-state index contributed by atoms with van der Waals surface area (Å²) in [6, 6.07) is 10.4. The maximum absolute atomic E-state index is 14.8. The van der Waals surface area contributed by atoms with Crippen molar-refractivity contribution in [3.63, 3.8) is 0 Å². The fraction of sp³-hybridized carbons (Fsp3) is 0.406.